The van der Waals surface area contributed by atoms with Crippen molar-refractivity contribution in [2.45, 2.75) is 12.6 Å². The van der Waals surface area contributed by atoms with Crippen LogP contribution in [0.4, 0.5) is 18.3 Å². The third-order valence-corrected chi connectivity index (χ3v) is 6.44. The lowest BCUT2D eigenvalue weighted by Crippen LogP contribution is -2.18. The third kappa shape index (κ3) is 3.65. The van der Waals surface area contributed by atoms with E-state index in [-0.39, 0.29) is 23.0 Å². The van der Waals surface area contributed by atoms with E-state index >= 15 is 0 Å². The molecule has 1 aromatic carbocycles. The first kappa shape index (κ1) is 20.4. The molecule has 1 amide bonds. The topological polar surface area (TPSA) is 68.9 Å². The lowest BCUT2D eigenvalue weighted by atomic mass is 10.1. The van der Waals surface area contributed by atoms with Crippen molar-refractivity contribution in [3.05, 3.63) is 55.8 Å². The Morgan fingerprint density at radius 2 is 1.93 bits per heavy atom. The molecule has 3 aromatic heterocycles. The van der Waals surface area contributed by atoms with E-state index < -0.39 is 11.7 Å². The van der Waals surface area contributed by atoms with E-state index in [1.807, 2.05) is 5.38 Å². The van der Waals surface area contributed by atoms with Crippen molar-refractivity contribution >= 4 is 44.6 Å². The van der Waals surface area contributed by atoms with E-state index in [4.69, 9.17) is 0 Å². The van der Waals surface area contributed by atoms with Crippen LogP contribution in [0.1, 0.15) is 10.4 Å². The Balaban J connectivity index is 1.52. The highest BCUT2D eigenvalue weighted by Gasteiger charge is 2.30. The number of hydrogen-bond acceptors (Lipinski definition) is 5. The molecule has 0 spiro atoms. The number of nitrogens with zero attached hydrogens (tertiary/aromatic N) is 3. The van der Waals surface area contributed by atoms with Crippen LogP contribution in [0.15, 0.2) is 39.8 Å². The average Bonchev–Trinajstić information content (AvgIpc) is 3.37. The van der Waals surface area contributed by atoms with Gasteiger partial charge in [0, 0.05) is 35.3 Å². The molecule has 11 heteroatoms. The van der Waals surface area contributed by atoms with Gasteiger partial charge in [0.05, 0.1) is 28.6 Å². The summed E-state index contributed by atoms with van der Waals surface area (Å²) in [6.45, 7) is 0. The van der Waals surface area contributed by atoms with E-state index in [0.29, 0.717) is 21.5 Å². The molecule has 0 saturated carbocycles. The molecule has 3 heterocycles. The lowest BCUT2D eigenvalue weighted by Gasteiger charge is -2.07. The molecule has 6 nitrogen and oxygen atoms in total. The van der Waals surface area contributed by atoms with Crippen LogP contribution in [0.25, 0.3) is 22.2 Å². The maximum absolute atomic E-state index is 12.9. The quantitative estimate of drug-likeness (QED) is 0.503. The van der Waals surface area contributed by atoms with Crippen LogP contribution in [0.5, 0.6) is 0 Å². The Hall–Kier alpha value is -2.92. The predicted octanol–water partition coefficient (Wildman–Crippen LogP) is 4.26. The zero-order chi connectivity index (χ0) is 21.6. The van der Waals surface area contributed by atoms with Crippen LogP contribution in [-0.4, -0.2) is 20.3 Å². The van der Waals surface area contributed by atoms with E-state index in [1.165, 1.54) is 28.2 Å². The summed E-state index contributed by atoms with van der Waals surface area (Å²) in [6.07, 6.45) is -4.44. The van der Waals surface area contributed by atoms with Crippen LogP contribution >= 0.6 is 22.7 Å². The number of thiazole rings is 1. The van der Waals surface area contributed by atoms with Gasteiger partial charge in [0.15, 0.2) is 5.13 Å². The molecule has 0 aliphatic carbocycles. The molecular weight excluding hydrogens is 437 g/mol. The molecule has 0 fully saturated rings. The average molecular weight is 452 g/mol. The van der Waals surface area contributed by atoms with Gasteiger partial charge in [-0.3, -0.25) is 19.0 Å². The predicted molar refractivity (Wildman–Crippen MR) is 111 cm³/mol. The van der Waals surface area contributed by atoms with Crippen LogP contribution in [0, 0.1) is 0 Å². The number of rotatable bonds is 4. The zero-order valence-electron chi connectivity index (χ0n) is 15.8. The largest absolute Gasteiger partial charge is 0.416 e. The lowest BCUT2D eigenvalue weighted by molar-refractivity contribution is -0.137. The van der Waals surface area contributed by atoms with E-state index in [2.05, 4.69) is 10.3 Å². The first-order chi connectivity index (χ1) is 14.1. The minimum Gasteiger partial charge on any atom is -0.302 e. The number of benzene rings is 1. The second-order valence-corrected chi connectivity index (χ2v) is 8.44. The summed E-state index contributed by atoms with van der Waals surface area (Å²) >= 11 is 2.45. The standard InChI is InChI=1S/C19H15F3N4O2S2/c1-25-13-9-29-14(16(13)17(28)26(25)2)7-15(27)24-18-23-12(8-30-18)10-4-3-5-11(6-10)19(20,21)22/h3-6,8-9H,7H2,1-2H3,(H,23,24,27). The first-order valence-electron chi connectivity index (χ1n) is 8.70. The fourth-order valence-electron chi connectivity index (χ4n) is 3.07. The summed E-state index contributed by atoms with van der Waals surface area (Å²) in [5.41, 5.74) is 0.491. The number of amides is 1. The molecule has 1 N–H and O–H groups in total. The molecule has 0 aliphatic rings. The zero-order valence-corrected chi connectivity index (χ0v) is 17.4. The Morgan fingerprint density at radius 3 is 2.67 bits per heavy atom. The van der Waals surface area contributed by atoms with Crippen molar-refractivity contribution in [2.75, 3.05) is 5.32 Å². The summed E-state index contributed by atoms with van der Waals surface area (Å²) in [5, 5.41) is 6.87. The van der Waals surface area contributed by atoms with Gasteiger partial charge < -0.3 is 5.32 Å². The van der Waals surface area contributed by atoms with Gasteiger partial charge in [-0.2, -0.15) is 13.2 Å². The Morgan fingerprint density at radius 1 is 1.17 bits per heavy atom. The number of hydrogen-bond donors (Lipinski definition) is 1. The summed E-state index contributed by atoms with van der Waals surface area (Å²) in [7, 11) is 3.42. The number of aryl methyl sites for hydroxylation is 1. The van der Waals surface area contributed by atoms with E-state index in [1.54, 1.807) is 24.2 Å². The molecule has 0 radical (unpaired) electrons. The summed E-state index contributed by atoms with van der Waals surface area (Å²) < 4.78 is 41.9. The Labute approximate surface area is 176 Å². The maximum Gasteiger partial charge on any atom is 0.416 e. The monoisotopic (exact) mass is 452 g/mol. The van der Waals surface area contributed by atoms with Crippen molar-refractivity contribution in [1.82, 2.24) is 14.3 Å². The van der Waals surface area contributed by atoms with Crippen LogP contribution in [0.3, 0.4) is 0 Å². The first-order valence-corrected chi connectivity index (χ1v) is 10.5. The van der Waals surface area contributed by atoms with Gasteiger partial charge in [0.2, 0.25) is 5.91 Å². The number of carbonyl (C=O) groups is 1. The Kier molecular flexibility index (Phi) is 5.02. The van der Waals surface area contributed by atoms with E-state index in [0.717, 1.165) is 29.0 Å². The maximum atomic E-state index is 12.9. The van der Waals surface area contributed by atoms with Gasteiger partial charge in [0.1, 0.15) is 0 Å². The molecule has 0 bridgehead atoms. The van der Waals surface area contributed by atoms with Gasteiger partial charge in [-0.25, -0.2) is 4.98 Å². The molecule has 0 unspecified atom stereocenters. The molecule has 0 saturated heterocycles. The molecule has 4 aromatic rings. The number of thiophene rings is 1. The van der Waals surface area contributed by atoms with E-state index in [9.17, 15) is 22.8 Å². The fourth-order valence-corrected chi connectivity index (χ4v) is 4.86. The third-order valence-electron chi connectivity index (χ3n) is 4.71. The fraction of sp³-hybridized carbons (Fsp3) is 0.211. The van der Waals surface area contributed by atoms with Crippen molar-refractivity contribution < 1.29 is 18.0 Å². The van der Waals surface area contributed by atoms with Gasteiger partial charge in [0.25, 0.3) is 5.56 Å². The van der Waals surface area contributed by atoms with Gasteiger partial charge >= 0.3 is 6.18 Å². The molecule has 0 atom stereocenters. The van der Waals surface area contributed by atoms with Gasteiger partial charge in [-0.05, 0) is 12.1 Å². The Bertz CT molecular complexity index is 1310. The number of halogens is 3. The second kappa shape index (κ2) is 7.40. The number of alkyl halides is 3. The number of carbonyl (C=O) groups excluding carboxylic acids is 1. The molecule has 30 heavy (non-hydrogen) atoms. The number of aromatic nitrogens is 3. The summed E-state index contributed by atoms with van der Waals surface area (Å²) in [6, 6.07) is 4.87. The van der Waals surface area contributed by atoms with Crippen LogP contribution in [0.2, 0.25) is 0 Å². The molecule has 4 rings (SSSR count). The highest BCUT2D eigenvalue weighted by Crippen LogP contribution is 2.33. The van der Waals surface area contributed by atoms with Gasteiger partial charge in [-0.1, -0.05) is 12.1 Å². The number of nitrogens with one attached hydrogen (secondary N) is 1. The highest BCUT2D eigenvalue weighted by molar-refractivity contribution is 7.14. The minimum atomic E-state index is -4.44. The SMILES string of the molecule is Cn1c(=O)c2c(CC(=O)Nc3nc(-c4cccc(C(F)(F)F)c4)cs3)scc2n1C. The summed E-state index contributed by atoms with van der Waals surface area (Å²) in [5.74, 6) is -0.352. The molecule has 156 valence electrons. The number of fused-ring (bicyclic) bond motifs is 1. The minimum absolute atomic E-state index is 0.00585. The highest BCUT2D eigenvalue weighted by atomic mass is 32.1. The second-order valence-electron chi connectivity index (χ2n) is 6.61. The van der Waals surface area contributed by atoms with Crippen molar-refractivity contribution in [3.8, 4) is 11.3 Å². The normalized spacial score (nSPS) is 11.9. The van der Waals surface area contributed by atoms with Crippen LogP contribution in [-0.2, 0) is 31.5 Å². The van der Waals surface area contributed by atoms with Crippen molar-refractivity contribution in [1.29, 1.82) is 0 Å². The van der Waals surface area contributed by atoms with Crippen molar-refractivity contribution in [3.63, 3.8) is 0 Å². The molecular formula is C19H15F3N4O2S2. The smallest absolute Gasteiger partial charge is 0.302 e. The van der Waals surface area contributed by atoms with Crippen molar-refractivity contribution in [2.24, 2.45) is 14.1 Å². The molecule has 0 aliphatic heterocycles. The number of anilines is 1. The summed E-state index contributed by atoms with van der Waals surface area (Å²) in [4.78, 5) is 29.7. The van der Waals surface area contributed by atoms with Gasteiger partial charge in [-0.15, -0.1) is 22.7 Å². The van der Waals surface area contributed by atoms with Crippen LogP contribution < -0.4 is 10.9 Å².